The van der Waals surface area contributed by atoms with E-state index in [1.165, 1.54) is 0 Å². The van der Waals surface area contributed by atoms with Crippen LogP contribution >= 0.6 is 0 Å². The lowest BCUT2D eigenvalue weighted by molar-refractivity contribution is -0.140. The van der Waals surface area contributed by atoms with Crippen molar-refractivity contribution in [1.29, 1.82) is 0 Å². The van der Waals surface area contributed by atoms with Crippen molar-refractivity contribution >= 4 is 12.1 Å². The zero-order valence-electron chi connectivity index (χ0n) is 10.1. The van der Waals surface area contributed by atoms with Gasteiger partial charge in [-0.05, 0) is 12.5 Å². The molecule has 0 unspecified atom stereocenters. The van der Waals surface area contributed by atoms with Gasteiger partial charge in [-0.25, -0.2) is 4.79 Å². The Morgan fingerprint density at radius 3 is 2.78 bits per heavy atom. The first-order valence-corrected chi connectivity index (χ1v) is 5.80. The van der Waals surface area contributed by atoms with Crippen molar-refractivity contribution in [2.24, 2.45) is 5.92 Å². The first-order valence-electron chi connectivity index (χ1n) is 5.80. The van der Waals surface area contributed by atoms with Gasteiger partial charge in [0.15, 0.2) is 0 Å². The van der Waals surface area contributed by atoms with Crippen molar-refractivity contribution in [3.05, 3.63) is 35.9 Å². The summed E-state index contributed by atoms with van der Waals surface area (Å²) in [6.45, 7) is 2.14. The van der Waals surface area contributed by atoms with E-state index < -0.39 is 6.09 Å². The molecule has 0 saturated carbocycles. The van der Waals surface area contributed by atoms with Crippen molar-refractivity contribution in [3.8, 4) is 0 Å². The molecule has 18 heavy (non-hydrogen) atoms. The molecule has 1 aromatic rings. The van der Waals surface area contributed by atoms with E-state index in [1.807, 2.05) is 30.3 Å². The number of cyclic esters (lactones) is 1. The molecule has 0 radical (unpaired) electrons. The zero-order valence-corrected chi connectivity index (χ0v) is 10.1. The minimum Gasteiger partial charge on any atom is -0.463 e. The summed E-state index contributed by atoms with van der Waals surface area (Å²) in [5.74, 6) is -0.613. The van der Waals surface area contributed by atoms with Crippen LogP contribution in [0.4, 0.5) is 4.79 Å². The lowest BCUT2D eigenvalue weighted by Gasteiger charge is -2.13. The molecule has 0 spiro atoms. The van der Waals surface area contributed by atoms with Gasteiger partial charge in [-0.3, -0.25) is 4.79 Å². The molecule has 0 bridgehead atoms. The van der Waals surface area contributed by atoms with Crippen LogP contribution in [0.3, 0.4) is 0 Å². The van der Waals surface area contributed by atoms with E-state index in [0.717, 1.165) is 5.56 Å². The summed E-state index contributed by atoms with van der Waals surface area (Å²) in [6.07, 6.45) is -0.533. The third kappa shape index (κ3) is 3.00. The van der Waals surface area contributed by atoms with Gasteiger partial charge in [0.2, 0.25) is 0 Å². The summed E-state index contributed by atoms with van der Waals surface area (Å²) >= 11 is 0. The Kier molecular flexibility index (Phi) is 3.82. The number of nitrogens with one attached hydrogen (secondary N) is 1. The number of esters is 1. The Hall–Kier alpha value is -2.04. The van der Waals surface area contributed by atoms with Crippen LogP contribution in [0.1, 0.15) is 12.5 Å². The van der Waals surface area contributed by atoms with E-state index in [2.05, 4.69) is 5.32 Å². The Morgan fingerprint density at radius 1 is 1.44 bits per heavy atom. The number of carbonyl (C=O) groups is 2. The molecular weight excluding hydrogens is 234 g/mol. The number of amides is 1. The van der Waals surface area contributed by atoms with E-state index >= 15 is 0 Å². The van der Waals surface area contributed by atoms with E-state index in [-0.39, 0.29) is 31.1 Å². The molecule has 1 N–H and O–H groups in total. The summed E-state index contributed by atoms with van der Waals surface area (Å²) in [4.78, 5) is 22.7. The minimum absolute atomic E-state index is 0.209. The summed E-state index contributed by atoms with van der Waals surface area (Å²) in [7, 11) is 0. The normalized spacial score (nSPS) is 22.4. The predicted octanol–water partition coefficient (Wildman–Crippen LogP) is 1.47. The average molecular weight is 249 g/mol. The van der Waals surface area contributed by atoms with Crippen LogP contribution in [0, 0.1) is 5.92 Å². The third-order valence-electron chi connectivity index (χ3n) is 2.90. The number of alkyl carbamates (subject to hydrolysis) is 1. The highest BCUT2D eigenvalue weighted by atomic mass is 16.6. The smallest absolute Gasteiger partial charge is 0.407 e. The van der Waals surface area contributed by atoms with Crippen LogP contribution in [0.15, 0.2) is 30.3 Å². The van der Waals surface area contributed by atoms with Crippen molar-refractivity contribution in [2.75, 3.05) is 6.61 Å². The molecule has 1 fully saturated rings. The zero-order chi connectivity index (χ0) is 13.0. The van der Waals surface area contributed by atoms with Gasteiger partial charge in [-0.1, -0.05) is 30.3 Å². The van der Waals surface area contributed by atoms with Gasteiger partial charge < -0.3 is 14.8 Å². The number of ether oxygens (including phenoxy) is 2. The quantitative estimate of drug-likeness (QED) is 0.824. The van der Waals surface area contributed by atoms with Crippen LogP contribution in [-0.2, 0) is 20.9 Å². The standard InChI is InChI=1S/C13H15NO4/c1-9-11(8-17-12(9)15)14-13(16)18-7-10-5-3-2-4-6-10/h2-6,9,11H,7-8H2,1H3,(H,14,16)/t9-,11-/m1/s1. The minimum atomic E-state index is -0.533. The number of hydrogen-bond acceptors (Lipinski definition) is 4. The molecule has 2 atom stereocenters. The SMILES string of the molecule is C[C@H]1C(=O)OC[C@H]1NC(=O)OCc1ccccc1. The highest BCUT2D eigenvalue weighted by Crippen LogP contribution is 2.14. The van der Waals surface area contributed by atoms with Crippen LogP contribution in [0.5, 0.6) is 0 Å². The molecule has 1 amide bonds. The molecule has 1 aliphatic rings. The molecule has 1 heterocycles. The van der Waals surface area contributed by atoms with Crippen molar-refractivity contribution in [2.45, 2.75) is 19.6 Å². The molecule has 1 aromatic carbocycles. The van der Waals surface area contributed by atoms with E-state index in [9.17, 15) is 9.59 Å². The Labute approximate surface area is 105 Å². The van der Waals surface area contributed by atoms with E-state index in [1.54, 1.807) is 6.92 Å². The summed E-state index contributed by atoms with van der Waals surface area (Å²) < 4.78 is 9.89. The number of carbonyl (C=O) groups excluding carboxylic acids is 2. The summed E-state index contributed by atoms with van der Waals surface area (Å²) in [5, 5.41) is 2.62. The maximum absolute atomic E-state index is 11.5. The first-order chi connectivity index (χ1) is 8.66. The van der Waals surface area contributed by atoms with Crippen LogP contribution < -0.4 is 5.32 Å². The maximum Gasteiger partial charge on any atom is 0.407 e. The topological polar surface area (TPSA) is 64.6 Å². The van der Waals surface area contributed by atoms with E-state index in [0.29, 0.717) is 0 Å². The van der Waals surface area contributed by atoms with Gasteiger partial charge in [0.25, 0.3) is 0 Å². The second kappa shape index (κ2) is 5.53. The van der Waals surface area contributed by atoms with Crippen molar-refractivity contribution < 1.29 is 19.1 Å². The average Bonchev–Trinajstić information content (AvgIpc) is 2.70. The van der Waals surface area contributed by atoms with Gasteiger partial charge in [-0.2, -0.15) is 0 Å². The lowest BCUT2D eigenvalue weighted by atomic mass is 10.1. The van der Waals surface area contributed by atoms with Gasteiger partial charge in [0, 0.05) is 0 Å². The van der Waals surface area contributed by atoms with Gasteiger partial charge in [0.05, 0.1) is 12.0 Å². The molecular formula is C13H15NO4. The predicted molar refractivity (Wildman–Crippen MR) is 63.7 cm³/mol. The van der Waals surface area contributed by atoms with Gasteiger partial charge >= 0.3 is 12.1 Å². The molecule has 5 nitrogen and oxygen atoms in total. The Bertz CT molecular complexity index is 432. The second-order valence-corrected chi connectivity index (χ2v) is 4.23. The highest BCUT2D eigenvalue weighted by Gasteiger charge is 2.34. The number of benzene rings is 1. The lowest BCUT2D eigenvalue weighted by Crippen LogP contribution is -2.39. The maximum atomic E-state index is 11.5. The fourth-order valence-corrected chi connectivity index (χ4v) is 1.69. The molecule has 96 valence electrons. The Balaban J connectivity index is 1.78. The molecule has 0 aliphatic carbocycles. The van der Waals surface area contributed by atoms with E-state index in [4.69, 9.17) is 9.47 Å². The fraction of sp³-hybridized carbons (Fsp3) is 0.385. The molecule has 5 heteroatoms. The fourth-order valence-electron chi connectivity index (χ4n) is 1.69. The first kappa shape index (κ1) is 12.4. The monoisotopic (exact) mass is 249 g/mol. The highest BCUT2D eigenvalue weighted by molar-refractivity contribution is 5.77. The Morgan fingerprint density at radius 2 is 2.17 bits per heavy atom. The van der Waals surface area contributed by atoms with Gasteiger partial charge in [0.1, 0.15) is 13.2 Å². The van der Waals surface area contributed by atoms with Crippen LogP contribution in [0.2, 0.25) is 0 Å². The number of rotatable bonds is 3. The second-order valence-electron chi connectivity index (χ2n) is 4.23. The number of hydrogen-bond donors (Lipinski definition) is 1. The largest absolute Gasteiger partial charge is 0.463 e. The molecule has 0 aromatic heterocycles. The van der Waals surface area contributed by atoms with Crippen LogP contribution in [-0.4, -0.2) is 24.7 Å². The van der Waals surface area contributed by atoms with Crippen molar-refractivity contribution in [1.82, 2.24) is 5.32 Å². The molecule has 1 saturated heterocycles. The van der Waals surface area contributed by atoms with Crippen LogP contribution in [0.25, 0.3) is 0 Å². The van der Waals surface area contributed by atoms with Gasteiger partial charge in [-0.15, -0.1) is 0 Å². The van der Waals surface area contributed by atoms with Crippen molar-refractivity contribution in [3.63, 3.8) is 0 Å². The summed E-state index contributed by atoms with van der Waals surface area (Å²) in [6, 6.07) is 9.09. The molecule has 1 aliphatic heterocycles. The third-order valence-corrected chi connectivity index (χ3v) is 2.90. The molecule has 2 rings (SSSR count). The summed E-state index contributed by atoms with van der Waals surface area (Å²) in [5.41, 5.74) is 0.916.